The number of hydrogen-bond donors (Lipinski definition) is 1. The molecule has 2 rings (SSSR count). The van der Waals surface area contributed by atoms with Crippen LogP contribution in [-0.4, -0.2) is 14.7 Å². The quantitative estimate of drug-likeness (QED) is 0.923. The molecule has 0 aliphatic carbocycles. The lowest BCUT2D eigenvalue weighted by atomic mass is 10.0. The highest BCUT2D eigenvalue weighted by Gasteiger charge is 2.03. The molecule has 3 nitrogen and oxygen atoms in total. The smallest absolute Gasteiger partial charge is 0.229 e. The van der Waals surface area contributed by atoms with E-state index in [1.165, 1.54) is 5.56 Å². The summed E-state index contributed by atoms with van der Waals surface area (Å²) in [6.07, 6.45) is 1.15. The summed E-state index contributed by atoms with van der Waals surface area (Å²) >= 11 is 0. The lowest BCUT2D eigenvalue weighted by Gasteiger charge is -2.07. The molecule has 0 aliphatic heterocycles. The summed E-state index contributed by atoms with van der Waals surface area (Å²) in [4.78, 5) is 0. The van der Waals surface area contributed by atoms with E-state index in [1.807, 2.05) is 43.3 Å². The molecular weight excluding hydrogens is 246 g/mol. The van der Waals surface area contributed by atoms with Crippen LogP contribution < -0.4 is 4.72 Å². The molecule has 0 aliphatic rings. The molecule has 94 valence electrons. The molecule has 2 aromatic rings. The van der Waals surface area contributed by atoms with Gasteiger partial charge in [0.15, 0.2) is 0 Å². The van der Waals surface area contributed by atoms with Crippen molar-refractivity contribution in [3.63, 3.8) is 0 Å². The second-order valence-electron chi connectivity index (χ2n) is 4.32. The van der Waals surface area contributed by atoms with E-state index >= 15 is 0 Å². The van der Waals surface area contributed by atoms with Gasteiger partial charge in [-0.15, -0.1) is 0 Å². The number of aryl methyl sites for hydroxylation is 1. The predicted molar refractivity (Wildman–Crippen MR) is 75.1 cm³/mol. The molecule has 0 atom stereocenters. The number of hydrogen-bond acceptors (Lipinski definition) is 2. The minimum absolute atomic E-state index is 0.580. The molecule has 0 spiro atoms. The first-order chi connectivity index (χ1) is 8.44. The van der Waals surface area contributed by atoms with Gasteiger partial charge in [-0.3, -0.25) is 4.72 Å². The van der Waals surface area contributed by atoms with Crippen LogP contribution in [0.2, 0.25) is 0 Å². The number of sulfonamides is 1. The van der Waals surface area contributed by atoms with Crippen molar-refractivity contribution in [2.45, 2.75) is 6.92 Å². The molecule has 0 heterocycles. The fraction of sp³-hybridized carbons (Fsp3) is 0.143. The van der Waals surface area contributed by atoms with Gasteiger partial charge in [-0.2, -0.15) is 0 Å². The zero-order valence-corrected chi connectivity index (χ0v) is 11.2. The zero-order chi connectivity index (χ0) is 13.2. The number of benzene rings is 2. The first-order valence-electron chi connectivity index (χ1n) is 5.59. The normalized spacial score (nSPS) is 11.2. The molecule has 0 saturated carbocycles. The van der Waals surface area contributed by atoms with Gasteiger partial charge in [0.25, 0.3) is 0 Å². The largest absolute Gasteiger partial charge is 0.284 e. The van der Waals surface area contributed by atoms with Crippen molar-refractivity contribution in [1.82, 2.24) is 0 Å². The summed E-state index contributed by atoms with van der Waals surface area (Å²) < 4.78 is 24.9. The van der Waals surface area contributed by atoms with E-state index in [0.29, 0.717) is 5.69 Å². The maximum Gasteiger partial charge on any atom is 0.229 e. The third kappa shape index (κ3) is 3.34. The Hall–Kier alpha value is -1.81. The minimum Gasteiger partial charge on any atom is -0.284 e. The fourth-order valence-corrected chi connectivity index (χ4v) is 2.36. The minimum atomic E-state index is -3.23. The first kappa shape index (κ1) is 12.6. The number of nitrogens with one attached hydrogen (secondary N) is 1. The number of anilines is 1. The second-order valence-corrected chi connectivity index (χ2v) is 6.07. The van der Waals surface area contributed by atoms with Crippen LogP contribution in [0.4, 0.5) is 5.69 Å². The van der Waals surface area contributed by atoms with Gasteiger partial charge < -0.3 is 0 Å². The van der Waals surface area contributed by atoms with E-state index in [-0.39, 0.29) is 0 Å². The molecule has 0 amide bonds. The Balaban J connectivity index is 2.38. The van der Waals surface area contributed by atoms with Crippen molar-refractivity contribution in [3.05, 3.63) is 54.1 Å². The molecule has 0 saturated heterocycles. The second kappa shape index (κ2) is 4.82. The van der Waals surface area contributed by atoms with E-state index in [1.54, 1.807) is 6.07 Å². The van der Waals surface area contributed by atoms with Crippen molar-refractivity contribution in [2.75, 3.05) is 11.0 Å². The molecule has 4 heteroatoms. The Bertz CT molecular complexity index is 663. The van der Waals surface area contributed by atoms with Gasteiger partial charge in [0, 0.05) is 5.69 Å². The summed E-state index contributed by atoms with van der Waals surface area (Å²) in [5.74, 6) is 0. The Morgan fingerprint density at radius 3 is 2.17 bits per heavy atom. The molecule has 0 fully saturated rings. The van der Waals surface area contributed by atoms with Crippen molar-refractivity contribution in [2.24, 2.45) is 0 Å². The Labute approximate surface area is 108 Å². The van der Waals surface area contributed by atoms with Gasteiger partial charge in [-0.25, -0.2) is 8.42 Å². The Morgan fingerprint density at radius 1 is 0.944 bits per heavy atom. The summed E-state index contributed by atoms with van der Waals surface area (Å²) in [6.45, 7) is 2.03. The maximum atomic E-state index is 11.2. The van der Waals surface area contributed by atoms with Gasteiger partial charge in [0.1, 0.15) is 0 Å². The van der Waals surface area contributed by atoms with Crippen LogP contribution in [0.3, 0.4) is 0 Å². The van der Waals surface area contributed by atoms with Gasteiger partial charge in [0.05, 0.1) is 6.26 Å². The van der Waals surface area contributed by atoms with Gasteiger partial charge in [0.2, 0.25) is 10.0 Å². The SMILES string of the molecule is Cc1cccc(-c2cccc(NS(C)(=O)=O)c2)c1. The maximum absolute atomic E-state index is 11.2. The zero-order valence-electron chi connectivity index (χ0n) is 10.3. The van der Waals surface area contributed by atoms with E-state index in [4.69, 9.17) is 0 Å². The molecular formula is C14H15NO2S. The molecule has 0 aromatic heterocycles. The Morgan fingerprint density at radius 2 is 1.56 bits per heavy atom. The molecule has 1 N–H and O–H groups in total. The molecule has 18 heavy (non-hydrogen) atoms. The van der Waals surface area contributed by atoms with Crippen molar-refractivity contribution in [3.8, 4) is 11.1 Å². The summed E-state index contributed by atoms with van der Waals surface area (Å²) in [5, 5.41) is 0. The summed E-state index contributed by atoms with van der Waals surface area (Å²) in [6, 6.07) is 15.5. The summed E-state index contributed by atoms with van der Waals surface area (Å²) in [7, 11) is -3.23. The van der Waals surface area contributed by atoms with Gasteiger partial charge >= 0.3 is 0 Å². The highest BCUT2D eigenvalue weighted by atomic mass is 32.2. The van der Waals surface area contributed by atoms with Gasteiger partial charge in [-0.1, -0.05) is 42.0 Å². The van der Waals surface area contributed by atoms with Crippen LogP contribution in [0.15, 0.2) is 48.5 Å². The topological polar surface area (TPSA) is 46.2 Å². The average Bonchev–Trinajstić information content (AvgIpc) is 2.27. The fourth-order valence-electron chi connectivity index (χ4n) is 1.80. The van der Waals surface area contributed by atoms with Crippen LogP contribution in [-0.2, 0) is 10.0 Å². The summed E-state index contributed by atoms with van der Waals surface area (Å²) in [5.41, 5.74) is 3.82. The third-order valence-corrected chi connectivity index (χ3v) is 3.12. The third-order valence-electron chi connectivity index (χ3n) is 2.52. The standard InChI is InChI=1S/C14H15NO2S/c1-11-5-3-6-12(9-11)13-7-4-8-14(10-13)15-18(2,16)17/h3-10,15H,1-2H3. The molecule has 0 radical (unpaired) electrons. The van der Waals surface area contributed by atoms with Gasteiger partial charge in [-0.05, 0) is 30.2 Å². The monoisotopic (exact) mass is 261 g/mol. The van der Waals surface area contributed by atoms with Crippen LogP contribution in [0.1, 0.15) is 5.56 Å². The van der Waals surface area contributed by atoms with Crippen LogP contribution in [0.5, 0.6) is 0 Å². The molecule has 0 unspecified atom stereocenters. The van der Waals surface area contributed by atoms with E-state index in [2.05, 4.69) is 10.8 Å². The molecule has 0 bridgehead atoms. The van der Waals surface area contributed by atoms with Crippen molar-refractivity contribution in [1.29, 1.82) is 0 Å². The van der Waals surface area contributed by atoms with Crippen LogP contribution >= 0.6 is 0 Å². The predicted octanol–water partition coefficient (Wildman–Crippen LogP) is 3.03. The average molecular weight is 261 g/mol. The lowest BCUT2D eigenvalue weighted by Crippen LogP contribution is -2.09. The number of rotatable bonds is 3. The van der Waals surface area contributed by atoms with Crippen LogP contribution in [0, 0.1) is 6.92 Å². The lowest BCUT2D eigenvalue weighted by molar-refractivity contribution is 0.607. The van der Waals surface area contributed by atoms with Crippen molar-refractivity contribution < 1.29 is 8.42 Å². The first-order valence-corrected chi connectivity index (χ1v) is 7.48. The van der Waals surface area contributed by atoms with Crippen molar-refractivity contribution >= 4 is 15.7 Å². The van der Waals surface area contributed by atoms with E-state index in [0.717, 1.165) is 17.4 Å². The Kier molecular flexibility index (Phi) is 3.39. The van der Waals surface area contributed by atoms with E-state index in [9.17, 15) is 8.42 Å². The highest BCUT2D eigenvalue weighted by Crippen LogP contribution is 2.23. The van der Waals surface area contributed by atoms with Crippen LogP contribution in [0.25, 0.3) is 11.1 Å². The molecule has 2 aromatic carbocycles. The highest BCUT2D eigenvalue weighted by molar-refractivity contribution is 7.92. The van der Waals surface area contributed by atoms with E-state index < -0.39 is 10.0 Å².